The van der Waals surface area contributed by atoms with E-state index in [0.717, 1.165) is 29.9 Å². The van der Waals surface area contributed by atoms with Crippen molar-refractivity contribution < 1.29 is 9.59 Å². The van der Waals surface area contributed by atoms with Gasteiger partial charge >= 0.3 is 0 Å². The number of carbonyl (C=O) groups is 2. The highest BCUT2D eigenvalue weighted by Crippen LogP contribution is 2.17. The minimum Gasteiger partial charge on any atom is -0.340 e. The summed E-state index contributed by atoms with van der Waals surface area (Å²) in [6, 6.07) is 11.0. The molecule has 1 N–H and O–H groups in total. The van der Waals surface area contributed by atoms with E-state index in [4.69, 9.17) is 0 Å². The van der Waals surface area contributed by atoms with Gasteiger partial charge in [-0.05, 0) is 57.9 Å². The Morgan fingerprint density at radius 1 is 1.17 bits per heavy atom. The molecule has 156 valence electrons. The zero-order chi connectivity index (χ0) is 20.6. The van der Waals surface area contributed by atoms with E-state index in [9.17, 15) is 9.59 Å². The quantitative estimate of drug-likeness (QED) is 0.606. The summed E-state index contributed by atoms with van der Waals surface area (Å²) in [5.74, 6) is 0.633. The molecule has 2 heterocycles. The fraction of sp³-hybridized carbons (Fsp3) is 0.429. The summed E-state index contributed by atoms with van der Waals surface area (Å²) in [7, 11) is 0. The lowest BCUT2D eigenvalue weighted by molar-refractivity contribution is -0.135. The number of halogens is 1. The molecule has 1 unspecified atom stereocenters. The molecule has 1 atom stereocenters. The summed E-state index contributed by atoms with van der Waals surface area (Å²) in [5.41, 5.74) is 0.551. The normalized spacial score (nSPS) is 15.9. The highest BCUT2D eigenvalue weighted by atomic mass is 79.9. The van der Waals surface area contributed by atoms with Crippen LogP contribution in [0.25, 0.3) is 0 Å². The first-order valence-corrected chi connectivity index (χ1v) is 12.7. The van der Waals surface area contributed by atoms with Crippen molar-refractivity contribution in [1.82, 2.24) is 15.1 Å². The molecule has 0 spiro atoms. The second-order valence-electron chi connectivity index (χ2n) is 6.97. The molecular weight excluding hydrogens is 470 g/mol. The maximum atomic E-state index is 13.2. The predicted octanol–water partition coefficient (Wildman–Crippen LogP) is 3.71. The second-order valence-corrected chi connectivity index (χ2v) is 9.84. The fourth-order valence-electron chi connectivity index (χ4n) is 3.34. The number of amides is 2. The van der Waals surface area contributed by atoms with Crippen LogP contribution in [0.15, 0.2) is 46.3 Å². The van der Waals surface area contributed by atoms with Gasteiger partial charge in [0.1, 0.15) is 6.04 Å². The van der Waals surface area contributed by atoms with Gasteiger partial charge in [-0.1, -0.05) is 18.2 Å². The van der Waals surface area contributed by atoms with E-state index >= 15 is 0 Å². The van der Waals surface area contributed by atoms with Crippen molar-refractivity contribution in [3.8, 4) is 0 Å². The Morgan fingerprint density at radius 3 is 2.59 bits per heavy atom. The van der Waals surface area contributed by atoms with Crippen LogP contribution in [0.5, 0.6) is 0 Å². The maximum absolute atomic E-state index is 13.2. The number of hydrogen-bond acceptors (Lipinski definition) is 5. The van der Waals surface area contributed by atoms with Gasteiger partial charge in [0.15, 0.2) is 0 Å². The van der Waals surface area contributed by atoms with Crippen molar-refractivity contribution in [1.29, 1.82) is 0 Å². The molecule has 0 radical (unpaired) electrons. The SMILES string of the molecule is CSCCC(NC(=O)c1ccccc1Br)C(=O)N1CCN(Cc2cccs2)CC1. The third-order valence-corrected chi connectivity index (χ3v) is 7.17. The van der Waals surface area contributed by atoms with E-state index < -0.39 is 6.04 Å². The van der Waals surface area contributed by atoms with Crippen LogP contribution in [-0.4, -0.2) is 65.8 Å². The monoisotopic (exact) mass is 495 g/mol. The first kappa shape index (κ1) is 22.3. The molecule has 8 heteroatoms. The van der Waals surface area contributed by atoms with Gasteiger partial charge in [0, 0.05) is 42.1 Å². The Kier molecular flexibility index (Phi) is 8.59. The van der Waals surface area contributed by atoms with Gasteiger partial charge in [0.25, 0.3) is 5.91 Å². The van der Waals surface area contributed by atoms with E-state index in [-0.39, 0.29) is 11.8 Å². The molecule has 1 fully saturated rings. The largest absolute Gasteiger partial charge is 0.340 e. The van der Waals surface area contributed by atoms with Crippen LogP contribution < -0.4 is 5.32 Å². The number of benzene rings is 1. The summed E-state index contributed by atoms with van der Waals surface area (Å²) >= 11 is 6.87. The molecule has 1 aliphatic heterocycles. The molecule has 0 bridgehead atoms. The van der Waals surface area contributed by atoms with Crippen LogP contribution in [0.4, 0.5) is 0 Å². The number of thiophene rings is 1. The average molecular weight is 496 g/mol. The van der Waals surface area contributed by atoms with Crippen LogP contribution in [0.3, 0.4) is 0 Å². The number of piperazine rings is 1. The van der Waals surface area contributed by atoms with Gasteiger partial charge in [-0.3, -0.25) is 14.5 Å². The molecule has 1 aromatic carbocycles. The van der Waals surface area contributed by atoms with Crippen molar-refractivity contribution in [3.63, 3.8) is 0 Å². The van der Waals surface area contributed by atoms with Gasteiger partial charge in [-0.25, -0.2) is 0 Å². The molecule has 1 aliphatic rings. The van der Waals surface area contributed by atoms with Gasteiger partial charge in [-0.2, -0.15) is 11.8 Å². The van der Waals surface area contributed by atoms with Crippen LogP contribution in [0.2, 0.25) is 0 Å². The molecule has 29 heavy (non-hydrogen) atoms. The molecule has 0 aliphatic carbocycles. The molecular formula is C21H26BrN3O2S2. The fourth-order valence-corrected chi connectivity index (χ4v) is 5.03. The van der Waals surface area contributed by atoms with Crippen LogP contribution in [0.1, 0.15) is 21.7 Å². The lowest BCUT2D eigenvalue weighted by Crippen LogP contribution is -2.54. The van der Waals surface area contributed by atoms with Gasteiger partial charge in [-0.15, -0.1) is 11.3 Å². The molecule has 3 rings (SSSR count). The molecule has 5 nitrogen and oxygen atoms in total. The topological polar surface area (TPSA) is 52.7 Å². The predicted molar refractivity (Wildman–Crippen MR) is 125 cm³/mol. The number of rotatable bonds is 8. The standard InChI is InChI=1S/C21H26BrN3O2S2/c1-28-14-8-19(23-20(26)17-6-2-3-7-18(17)22)21(27)25-11-9-24(10-12-25)15-16-5-4-13-29-16/h2-7,13,19H,8-12,14-15H2,1H3,(H,23,26). The first-order valence-electron chi connectivity index (χ1n) is 9.66. The van der Waals surface area contributed by atoms with Crippen LogP contribution in [0, 0.1) is 0 Å². The Balaban J connectivity index is 1.59. The molecule has 2 amide bonds. The summed E-state index contributed by atoms with van der Waals surface area (Å²) in [4.78, 5) is 31.5. The van der Waals surface area contributed by atoms with E-state index in [1.165, 1.54) is 4.88 Å². The average Bonchev–Trinajstić information content (AvgIpc) is 3.24. The van der Waals surface area contributed by atoms with E-state index in [0.29, 0.717) is 25.1 Å². The molecule has 2 aromatic rings. The maximum Gasteiger partial charge on any atom is 0.253 e. The van der Waals surface area contributed by atoms with Crippen LogP contribution >= 0.6 is 39.0 Å². The molecule has 1 saturated heterocycles. The lowest BCUT2D eigenvalue weighted by Gasteiger charge is -2.36. The smallest absolute Gasteiger partial charge is 0.253 e. The van der Waals surface area contributed by atoms with Gasteiger partial charge in [0.2, 0.25) is 5.91 Å². The minimum absolute atomic E-state index is 0.0234. The number of hydrogen-bond donors (Lipinski definition) is 1. The summed E-state index contributed by atoms with van der Waals surface area (Å²) in [6.07, 6.45) is 2.64. The highest BCUT2D eigenvalue weighted by Gasteiger charge is 2.29. The zero-order valence-electron chi connectivity index (χ0n) is 16.5. The Labute approximate surface area is 189 Å². The summed E-state index contributed by atoms with van der Waals surface area (Å²) in [5, 5.41) is 5.06. The zero-order valence-corrected chi connectivity index (χ0v) is 19.7. The molecule has 1 aromatic heterocycles. The number of nitrogens with one attached hydrogen (secondary N) is 1. The Bertz CT molecular complexity index is 808. The summed E-state index contributed by atoms with van der Waals surface area (Å²) < 4.78 is 0.732. The van der Waals surface area contributed by atoms with Crippen LogP contribution in [-0.2, 0) is 11.3 Å². The number of thioether (sulfide) groups is 1. The number of nitrogens with zero attached hydrogens (tertiary/aromatic N) is 2. The third-order valence-electron chi connectivity index (χ3n) is 4.98. The van der Waals surface area contributed by atoms with Gasteiger partial charge < -0.3 is 10.2 Å². The van der Waals surface area contributed by atoms with E-state index in [1.807, 2.05) is 29.4 Å². The molecule has 0 saturated carbocycles. The van der Waals surface area contributed by atoms with Crippen molar-refractivity contribution in [2.45, 2.75) is 19.0 Å². The van der Waals surface area contributed by atoms with Crippen molar-refractivity contribution in [2.75, 3.05) is 38.2 Å². The first-order chi connectivity index (χ1) is 14.1. The van der Waals surface area contributed by atoms with Crippen molar-refractivity contribution in [3.05, 3.63) is 56.7 Å². The van der Waals surface area contributed by atoms with Crippen molar-refractivity contribution in [2.24, 2.45) is 0 Å². The number of carbonyl (C=O) groups excluding carboxylic acids is 2. The Morgan fingerprint density at radius 2 is 1.93 bits per heavy atom. The highest BCUT2D eigenvalue weighted by molar-refractivity contribution is 9.10. The Hall–Kier alpha value is -1.35. The minimum atomic E-state index is -0.495. The summed E-state index contributed by atoms with van der Waals surface area (Å²) in [6.45, 7) is 4.05. The second kappa shape index (κ2) is 11.2. The third kappa shape index (κ3) is 6.31. The van der Waals surface area contributed by atoms with Crippen molar-refractivity contribution >= 4 is 50.8 Å². The van der Waals surface area contributed by atoms with Gasteiger partial charge in [0.05, 0.1) is 5.56 Å². The van der Waals surface area contributed by atoms with E-state index in [2.05, 4.69) is 43.7 Å². The lowest BCUT2D eigenvalue weighted by atomic mass is 10.1. The van der Waals surface area contributed by atoms with E-state index in [1.54, 1.807) is 29.2 Å².